The third-order valence-corrected chi connectivity index (χ3v) is 1.26. The van der Waals surface area contributed by atoms with Crippen molar-refractivity contribution in [1.82, 2.24) is 0 Å². The Morgan fingerprint density at radius 1 is 1.33 bits per heavy atom. The van der Waals surface area contributed by atoms with Crippen molar-refractivity contribution in [3.8, 4) is 0 Å². The number of nitrogen functional groups attached to an aromatic ring is 1. The summed E-state index contributed by atoms with van der Waals surface area (Å²) in [6.45, 7) is 1.53. The zero-order valence-electron chi connectivity index (χ0n) is 6.36. The molecular formula is C8H9N2O2. The van der Waals surface area contributed by atoms with Crippen LogP contribution in [0, 0.1) is 6.73 Å². The van der Waals surface area contributed by atoms with Crippen molar-refractivity contribution >= 4 is 17.8 Å². The lowest BCUT2D eigenvalue weighted by Gasteiger charge is -2.02. The van der Waals surface area contributed by atoms with Crippen molar-refractivity contribution in [2.45, 2.75) is 0 Å². The van der Waals surface area contributed by atoms with Crippen LogP contribution >= 0.6 is 0 Å². The minimum atomic E-state index is 0.338. The molecule has 1 rings (SSSR count). The molecule has 0 saturated carbocycles. The Kier molecular flexibility index (Phi) is 2.95. The van der Waals surface area contributed by atoms with Gasteiger partial charge in [-0.25, -0.2) is 0 Å². The fourth-order valence-corrected chi connectivity index (χ4v) is 0.709. The Bertz CT molecular complexity index is 246. The highest BCUT2D eigenvalue weighted by Crippen LogP contribution is 2.10. The van der Waals surface area contributed by atoms with E-state index in [1.54, 1.807) is 24.3 Å². The minimum absolute atomic E-state index is 0.338. The maximum absolute atomic E-state index is 9.74. The first kappa shape index (κ1) is 8.39. The molecule has 0 unspecified atom stereocenters. The third-order valence-electron chi connectivity index (χ3n) is 1.26. The number of ether oxygens (including phenoxy) is 1. The molecule has 0 heterocycles. The number of nitrogens with one attached hydrogen (secondary N) is 1. The van der Waals surface area contributed by atoms with Crippen LogP contribution in [0.15, 0.2) is 24.3 Å². The lowest BCUT2D eigenvalue weighted by molar-refractivity contribution is -0.125. The lowest BCUT2D eigenvalue weighted by Crippen LogP contribution is -1.97. The summed E-state index contributed by atoms with van der Waals surface area (Å²) in [6, 6.07) is 7.05. The molecule has 63 valence electrons. The Morgan fingerprint density at radius 3 is 2.58 bits per heavy atom. The van der Waals surface area contributed by atoms with Gasteiger partial charge < -0.3 is 15.8 Å². The molecule has 0 aliphatic carbocycles. The Hall–Kier alpha value is -1.71. The number of benzene rings is 1. The molecule has 12 heavy (non-hydrogen) atoms. The van der Waals surface area contributed by atoms with Crippen LogP contribution in [0.5, 0.6) is 0 Å². The van der Waals surface area contributed by atoms with E-state index >= 15 is 0 Å². The average Bonchev–Trinajstić information content (AvgIpc) is 2.09. The highest BCUT2D eigenvalue weighted by atomic mass is 16.5. The molecule has 0 aromatic heterocycles. The van der Waals surface area contributed by atoms with Crippen molar-refractivity contribution in [3.63, 3.8) is 0 Å². The Balaban J connectivity index is 2.42. The predicted molar refractivity (Wildman–Crippen MR) is 45.9 cm³/mol. The quantitative estimate of drug-likeness (QED) is 0.396. The predicted octanol–water partition coefficient (Wildman–Crippen LogP) is 0.973. The first-order valence-corrected chi connectivity index (χ1v) is 3.36. The van der Waals surface area contributed by atoms with E-state index in [1.165, 1.54) is 6.73 Å². The van der Waals surface area contributed by atoms with E-state index in [0.29, 0.717) is 12.2 Å². The van der Waals surface area contributed by atoms with Crippen LogP contribution in [0.25, 0.3) is 0 Å². The molecule has 0 spiro atoms. The van der Waals surface area contributed by atoms with E-state index in [1.807, 2.05) is 0 Å². The number of nitrogens with two attached hydrogens (primary N) is 1. The van der Waals surface area contributed by atoms with Crippen LogP contribution in [0.4, 0.5) is 11.4 Å². The van der Waals surface area contributed by atoms with Crippen LogP contribution in [-0.2, 0) is 9.53 Å². The first-order chi connectivity index (χ1) is 5.83. The van der Waals surface area contributed by atoms with Gasteiger partial charge in [0.2, 0.25) is 6.73 Å². The highest BCUT2D eigenvalue weighted by molar-refractivity contribution is 5.52. The summed E-state index contributed by atoms with van der Waals surface area (Å²) >= 11 is 0. The van der Waals surface area contributed by atoms with E-state index in [2.05, 4.69) is 10.1 Å². The lowest BCUT2D eigenvalue weighted by atomic mass is 10.3. The van der Waals surface area contributed by atoms with Gasteiger partial charge in [0.1, 0.15) is 0 Å². The molecule has 0 aliphatic heterocycles. The summed E-state index contributed by atoms with van der Waals surface area (Å²) in [5.74, 6) is 0. The molecule has 0 amide bonds. The second-order valence-electron chi connectivity index (χ2n) is 2.12. The molecule has 0 aliphatic rings. The number of hydrogen-bond acceptors (Lipinski definition) is 4. The smallest absolute Gasteiger partial charge is 0.295 e. The number of anilines is 2. The molecule has 0 saturated heterocycles. The van der Waals surface area contributed by atoms with E-state index in [-0.39, 0.29) is 0 Å². The molecule has 1 aromatic rings. The van der Waals surface area contributed by atoms with Gasteiger partial charge in [-0.1, -0.05) is 0 Å². The molecule has 0 atom stereocenters. The molecule has 4 nitrogen and oxygen atoms in total. The second kappa shape index (κ2) is 4.23. The number of hydrogen-bond donors (Lipinski definition) is 2. The summed E-state index contributed by atoms with van der Waals surface area (Å²) in [5, 5.41) is 2.74. The topological polar surface area (TPSA) is 64.3 Å². The van der Waals surface area contributed by atoms with Crippen LogP contribution < -0.4 is 11.1 Å². The van der Waals surface area contributed by atoms with Gasteiger partial charge in [0.15, 0.2) is 0 Å². The van der Waals surface area contributed by atoms with Gasteiger partial charge in [-0.15, -0.1) is 0 Å². The molecule has 1 radical (unpaired) electrons. The van der Waals surface area contributed by atoms with Crippen molar-refractivity contribution in [1.29, 1.82) is 0 Å². The standard InChI is InChI=1S/C8H9N2O2/c9-7-1-3-8(4-2-7)10-5-12-6-11/h1-6,10H,9H2. The third kappa shape index (κ3) is 2.49. The summed E-state index contributed by atoms with van der Waals surface area (Å²) in [7, 11) is 0. The van der Waals surface area contributed by atoms with Gasteiger partial charge in [-0.3, -0.25) is 4.79 Å². The van der Waals surface area contributed by atoms with Crippen molar-refractivity contribution in [3.05, 3.63) is 31.0 Å². The van der Waals surface area contributed by atoms with Gasteiger partial charge in [0, 0.05) is 11.4 Å². The van der Waals surface area contributed by atoms with E-state index in [0.717, 1.165) is 5.69 Å². The molecule has 1 aromatic carbocycles. The van der Waals surface area contributed by atoms with Crippen LogP contribution in [0.1, 0.15) is 0 Å². The SMILES string of the molecule is Nc1ccc(N[CH]OC=O)cc1. The van der Waals surface area contributed by atoms with Crippen LogP contribution in [-0.4, -0.2) is 6.47 Å². The maximum atomic E-state index is 9.74. The van der Waals surface area contributed by atoms with Crippen LogP contribution in [0.3, 0.4) is 0 Å². The van der Waals surface area contributed by atoms with Gasteiger partial charge in [-0.05, 0) is 24.3 Å². The Morgan fingerprint density at radius 2 is 2.00 bits per heavy atom. The van der Waals surface area contributed by atoms with Crippen molar-refractivity contribution in [2.75, 3.05) is 11.1 Å². The maximum Gasteiger partial charge on any atom is 0.295 e. The van der Waals surface area contributed by atoms with Gasteiger partial charge in [-0.2, -0.15) is 0 Å². The van der Waals surface area contributed by atoms with Gasteiger partial charge in [0.25, 0.3) is 6.47 Å². The summed E-state index contributed by atoms with van der Waals surface area (Å²) in [6.07, 6.45) is 0. The van der Waals surface area contributed by atoms with E-state index in [4.69, 9.17) is 5.73 Å². The molecule has 4 heteroatoms. The first-order valence-electron chi connectivity index (χ1n) is 3.36. The normalized spacial score (nSPS) is 9.00. The molecule has 3 N–H and O–H groups in total. The summed E-state index contributed by atoms with van der Waals surface area (Å²) in [5.41, 5.74) is 6.96. The van der Waals surface area contributed by atoms with Crippen molar-refractivity contribution < 1.29 is 9.53 Å². The minimum Gasteiger partial charge on any atom is -0.438 e. The monoisotopic (exact) mass is 165 g/mol. The fourth-order valence-electron chi connectivity index (χ4n) is 0.709. The summed E-state index contributed by atoms with van der Waals surface area (Å²) in [4.78, 5) is 9.74. The average molecular weight is 165 g/mol. The molecular weight excluding hydrogens is 156 g/mol. The van der Waals surface area contributed by atoms with Gasteiger partial charge in [0.05, 0.1) is 0 Å². The molecule has 0 bridgehead atoms. The van der Waals surface area contributed by atoms with Gasteiger partial charge >= 0.3 is 0 Å². The summed E-state index contributed by atoms with van der Waals surface area (Å²) < 4.78 is 4.32. The Labute approximate surface area is 70.3 Å². The number of rotatable bonds is 4. The number of carbonyl (C=O) groups is 1. The van der Waals surface area contributed by atoms with E-state index < -0.39 is 0 Å². The van der Waals surface area contributed by atoms with Crippen LogP contribution in [0.2, 0.25) is 0 Å². The zero-order chi connectivity index (χ0) is 8.81. The fraction of sp³-hybridized carbons (Fsp3) is 0. The van der Waals surface area contributed by atoms with E-state index in [9.17, 15) is 4.79 Å². The number of carbonyl (C=O) groups excluding carboxylic acids is 1. The zero-order valence-corrected chi connectivity index (χ0v) is 6.36. The highest BCUT2D eigenvalue weighted by Gasteiger charge is 1.90. The second-order valence-corrected chi connectivity index (χ2v) is 2.12. The molecule has 0 fully saturated rings. The largest absolute Gasteiger partial charge is 0.438 e. The van der Waals surface area contributed by atoms with Crippen molar-refractivity contribution in [2.24, 2.45) is 0 Å².